The Bertz CT molecular complexity index is 497. The molecule has 23 heavy (non-hydrogen) atoms. The molecular formula is C18H31N5. The smallest absolute Gasteiger partial charge is 0.0530 e. The van der Waals surface area contributed by atoms with Gasteiger partial charge in [-0.3, -0.25) is 10.4 Å². The first-order valence-electron chi connectivity index (χ1n) is 8.76. The Morgan fingerprint density at radius 3 is 2.61 bits per heavy atom. The lowest BCUT2D eigenvalue weighted by molar-refractivity contribution is 0.143. The van der Waals surface area contributed by atoms with E-state index in [1.807, 2.05) is 18.5 Å². The van der Waals surface area contributed by atoms with Crippen LogP contribution in [0.5, 0.6) is 0 Å². The summed E-state index contributed by atoms with van der Waals surface area (Å²) >= 11 is 0. The van der Waals surface area contributed by atoms with Gasteiger partial charge < -0.3 is 10.6 Å². The Morgan fingerprint density at radius 1 is 1.22 bits per heavy atom. The van der Waals surface area contributed by atoms with E-state index < -0.39 is 0 Å². The molecular weight excluding hydrogens is 286 g/mol. The van der Waals surface area contributed by atoms with Crippen molar-refractivity contribution < 1.29 is 0 Å². The van der Waals surface area contributed by atoms with Crippen molar-refractivity contribution in [2.45, 2.75) is 63.7 Å². The summed E-state index contributed by atoms with van der Waals surface area (Å²) < 4.78 is 0. The number of hydrogen-bond acceptors (Lipinski definition) is 5. The van der Waals surface area contributed by atoms with Gasteiger partial charge in [0.15, 0.2) is 0 Å². The highest BCUT2D eigenvalue weighted by Crippen LogP contribution is 2.29. The molecule has 5 heteroatoms. The first-order valence-corrected chi connectivity index (χ1v) is 8.76. The van der Waals surface area contributed by atoms with Crippen LogP contribution in [0.2, 0.25) is 0 Å². The Hall–Kier alpha value is -1.01. The van der Waals surface area contributed by atoms with Crippen LogP contribution in [0.15, 0.2) is 24.5 Å². The average Bonchev–Trinajstić information content (AvgIpc) is 2.91. The van der Waals surface area contributed by atoms with Crippen molar-refractivity contribution in [1.82, 2.24) is 26.5 Å². The third kappa shape index (κ3) is 4.29. The highest BCUT2D eigenvalue weighted by Gasteiger charge is 2.38. The standard InChI is InChI=1S/C18H31N5/c1-17(2)8-15(9-18(3,4)23-17)20-11-14-12-21-22-16(14)13-6-5-7-19-10-13/h5-7,10,14-16,20-23H,8-9,11-12H2,1-4H3. The molecule has 0 radical (unpaired) electrons. The quantitative estimate of drug-likeness (QED) is 0.681. The molecule has 2 saturated heterocycles. The van der Waals surface area contributed by atoms with Crippen molar-refractivity contribution in [3.63, 3.8) is 0 Å². The summed E-state index contributed by atoms with van der Waals surface area (Å²) in [5, 5.41) is 7.59. The van der Waals surface area contributed by atoms with Gasteiger partial charge in [0.1, 0.15) is 0 Å². The highest BCUT2D eigenvalue weighted by atomic mass is 15.4. The number of aromatic nitrogens is 1. The largest absolute Gasteiger partial charge is 0.313 e. The fourth-order valence-electron chi connectivity index (χ4n) is 4.43. The fraction of sp³-hybridized carbons (Fsp3) is 0.722. The predicted molar refractivity (Wildman–Crippen MR) is 93.9 cm³/mol. The van der Waals surface area contributed by atoms with Crippen molar-refractivity contribution in [3.05, 3.63) is 30.1 Å². The minimum absolute atomic E-state index is 0.189. The van der Waals surface area contributed by atoms with E-state index in [0.29, 0.717) is 18.0 Å². The molecule has 0 bridgehead atoms. The molecule has 0 amide bonds. The maximum atomic E-state index is 4.26. The zero-order valence-electron chi connectivity index (χ0n) is 14.8. The normalized spacial score (nSPS) is 30.4. The number of nitrogens with one attached hydrogen (secondary N) is 4. The zero-order valence-corrected chi connectivity index (χ0v) is 14.8. The summed E-state index contributed by atoms with van der Waals surface area (Å²) in [5.74, 6) is 0.542. The van der Waals surface area contributed by atoms with Gasteiger partial charge in [0, 0.05) is 48.5 Å². The van der Waals surface area contributed by atoms with E-state index in [9.17, 15) is 0 Å². The van der Waals surface area contributed by atoms with E-state index in [1.165, 1.54) is 18.4 Å². The second-order valence-corrected chi connectivity index (χ2v) is 8.46. The lowest BCUT2D eigenvalue weighted by Crippen LogP contribution is -2.62. The molecule has 1 aromatic rings. The molecule has 3 heterocycles. The van der Waals surface area contributed by atoms with Gasteiger partial charge in [0.2, 0.25) is 0 Å². The van der Waals surface area contributed by atoms with E-state index in [4.69, 9.17) is 0 Å². The molecule has 4 N–H and O–H groups in total. The molecule has 0 spiro atoms. The van der Waals surface area contributed by atoms with Crippen LogP contribution in [0.25, 0.3) is 0 Å². The van der Waals surface area contributed by atoms with Crippen molar-refractivity contribution in [3.8, 4) is 0 Å². The SMILES string of the molecule is CC1(C)CC(NCC2CNNC2c2cccnc2)CC(C)(C)N1. The Morgan fingerprint density at radius 2 is 1.96 bits per heavy atom. The van der Waals surface area contributed by atoms with Crippen molar-refractivity contribution >= 4 is 0 Å². The molecule has 0 saturated carbocycles. The summed E-state index contributed by atoms with van der Waals surface area (Å²) in [6.07, 6.45) is 6.13. The first-order chi connectivity index (χ1) is 10.8. The number of rotatable bonds is 4. The van der Waals surface area contributed by atoms with Gasteiger partial charge in [0.05, 0.1) is 6.04 Å². The Kier molecular flexibility index (Phi) is 4.74. The van der Waals surface area contributed by atoms with E-state index in [-0.39, 0.29) is 11.1 Å². The minimum atomic E-state index is 0.189. The second-order valence-electron chi connectivity index (χ2n) is 8.46. The van der Waals surface area contributed by atoms with Gasteiger partial charge in [-0.1, -0.05) is 6.07 Å². The molecule has 0 aliphatic carbocycles. The lowest BCUT2D eigenvalue weighted by atomic mass is 9.79. The van der Waals surface area contributed by atoms with Crippen LogP contribution < -0.4 is 21.5 Å². The van der Waals surface area contributed by atoms with Crippen LogP contribution in [0.4, 0.5) is 0 Å². The number of hydrogen-bond donors (Lipinski definition) is 4. The van der Waals surface area contributed by atoms with Crippen LogP contribution in [0, 0.1) is 5.92 Å². The molecule has 2 fully saturated rings. The maximum absolute atomic E-state index is 4.26. The maximum Gasteiger partial charge on any atom is 0.0530 e. The summed E-state index contributed by atoms with van der Waals surface area (Å²) in [6.45, 7) is 11.2. The molecule has 0 aromatic carbocycles. The van der Waals surface area contributed by atoms with Crippen LogP contribution in [0.1, 0.15) is 52.1 Å². The molecule has 2 unspecified atom stereocenters. The summed E-state index contributed by atoms with van der Waals surface area (Å²) in [4.78, 5) is 4.26. The summed E-state index contributed by atoms with van der Waals surface area (Å²) in [7, 11) is 0. The van der Waals surface area contributed by atoms with Crippen LogP contribution in [0.3, 0.4) is 0 Å². The highest BCUT2D eigenvalue weighted by molar-refractivity contribution is 5.16. The molecule has 5 nitrogen and oxygen atoms in total. The number of hydrazine groups is 1. The van der Waals surface area contributed by atoms with Crippen LogP contribution >= 0.6 is 0 Å². The zero-order chi connectivity index (χ0) is 16.5. The van der Waals surface area contributed by atoms with Crippen molar-refractivity contribution in [2.75, 3.05) is 13.1 Å². The Balaban J connectivity index is 1.59. The minimum Gasteiger partial charge on any atom is -0.313 e. The monoisotopic (exact) mass is 317 g/mol. The molecule has 1 aromatic heterocycles. The van der Waals surface area contributed by atoms with Crippen molar-refractivity contribution in [1.29, 1.82) is 0 Å². The molecule has 3 rings (SSSR count). The van der Waals surface area contributed by atoms with E-state index in [2.05, 4.69) is 60.2 Å². The molecule has 2 atom stereocenters. The van der Waals surface area contributed by atoms with Crippen LogP contribution in [-0.2, 0) is 0 Å². The average molecular weight is 317 g/mol. The Labute approximate surface area is 140 Å². The van der Waals surface area contributed by atoms with E-state index in [0.717, 1.165) is 13.1 Å². The predicted octanol–water partition coefficient (Wildman–Crippen LogP) is 1.75. The lowest BCUT2D eigenvalue weighted by Gasteiger charge is -2.47. The van der Waals surface area contributed by atoms with Crippen molar-refractivity contribution in [2.24, 2.45) is 5.92 Å². The van der Waals surface area contributed by atoms with E-state index in [1.54, 1.807) is 0 Å². The third-order valence-electron chi connectivity index (χ3n) is 5.00. The van der Waals surface area contributed by atoms with Gasteiger partial charge in [-0.15, -0.1) is 0 Å². The van der Waals surface area contributed by atoms with E-state index >= 15 is 0 Å². The van der Waals surface area contributed by atoms with Gasteiger partial charge >= 0.3 is 0 Å². The van der Waals surface area contributed by atoms with Crippen LogP contribution in [-0.4, -0.2) is 35.2 Å². The van der Waals surface area contributed by atoms with Gasteiger partial charge in [-0.2, -0.15) is 0 Å². The summed E-state index contributed by atoms with van der Waals surface area (Å²) in [5.41, 5.74) is 8.35. The van der Waals surface area contributed by atoms with Gasteiger partial charge in [-0.25, -0.2) is 5.43 Å². The second kappa shape index (κ2) is 6.48. The topological polar surface area (TPSA) is 61.0 Å². The van der Waals surface area contributed by atoms with Gasteiger partial charge in [0.25, 0.3) is 0 Å². The molecule has 2 aliphatic rings. The first kappa shape index (κ1) is 16.8. The fourth-order valence-corrected chi connectivity index (χ4v) is 4.43. The number of pyridine rings is 1. The number of piperidine rings is 1. The molecule has 2 aliphatic heterocycles. The summed E-state index contributed by atoms with van der Waals surface area (Å²) in [6, 6.07) is 5.06. The number of nitrogens with zero attached hydrogens (tertiary/aromatic N) is 1. The van der Waals surface area contributed by atoms with Gasteiger partial charge in [-0.05, 0) is 52.2 Å². The molecule has 128 valence electrons. The third-order valence-corrected chi connectivity index (χ3v) is 5.00.